The number of morpholine rings is 1. The van der Waals surface area contributed by atoms with E-state index in [0.29, 0.717) is 75.8 Å². The van der Waals surface area contributed by atoms with Crippen molar-refractivity contribution in [3.63, 3.8) is 0 Å². The van der Waals surface area contributed by atoms with E-state index in [1.807, 2.05) is 71.9 Å². The van der Waals surface area contributed by atoms with Crippen LogP contribution in [0.1, 0.15) is 16.7 Å². The zero-order valence-electron chi connectivity index (χ0n) is 29.7. The summed E-state index contributed by atoms with van der Waals surface area (Å²) in [5, 5.41) is 9.18. The third-order valence-corrected chi connectivity index (χ3v) is 10.7. The fraction of sp³-hybridized carbons (Fsp3) is 0.316. The van der Waals surface area contributed by atoms with Crippen LogP contribution in [0.5, 0.6) is 11.5 Å². The van der Waals surface area contributed by atoms with Crippen LogP contribution < -0.4 is 28.9 Å². The molecule has 1 fully saturated rings. The molecule has 2 N–H and O–H groups in total. The van der Waals surface area contributed by atoms with Crippen LogP contribution in [0.15, 0.2) is 90.1 Å². The van der Waals surface area contributed by atoms with Crippen molar-refractivity contribution in [2.75, 3.05) is 74.9 Å². The maximum Gasteiger partial charge on any atom is 0.240 e. The molecule has 2 aromatic heterocycles. The van der Waals surface area contributed by atoms with Crippen molar-refractivity contribution in [2.45, 2.75) is 24.4 Å². The van der Waals surface area contributed by atoms with E-state index in [1.54, 1.807) is 26.4 Å². The number of nitrogens with one attached hydrogen (secondary N) is 1. The number of rotatable bonds is 14. The molecule has 2 aliphatic rings. The molecule has 0 unspecified atom stereocenters. The molecule has 0 aliphatic carbocycles. The third-order valence-electron chi connectivity index (χ3n) is 9.21. The molecule has 0 amide bonds. The second-order valence-electron chi connectivity index (χ2n) is 12.6. The Morgan fingerprint density at radius 1 is 0.868 bits per heavy atom. The number of hydrogen-bond donors (Lipinski definition) is 2. The number of methoxy groups -OCH3 is 2. The maximum absolute atomic E-state index is 12.9. The van der Waals surface area contributed by atoms with E-state index in [1.165, 1.54) is 6.07 Å². The highest BCUT2D eigenvalue weighted by Crippen LogP contribution is 2.40. The molecule has 15 heteroatoms. The standard InChI is InChI=1S/C38H42N8O6S/c1-50-31-10-6-27(7-11-31)25-45(26-28-8-12-32(51-2)13-9-28)37-39-23-29(24-40-37)35-34-14-16-46(36(34)43-38(42-35)44-17-20-52-21-18-44)30-4-3-5-33(22-30)53(48,49)41-15-19-47/h3-13,22-24,41,47H,14-21,25-26H2,1-2H3. The average molecular weight is 739 g/mol. The summed E-state index contributed by atoms with van der Waals surface area (Å²) < 4.78 is 44.6. The molecule has 0 radical (unpaired) electrons. The summed E-state index contributed by atoms with van der Waals surface area (Å²) >= 11 is 0. The van der Waals surface area contributed by atoms with Crippen LogP contribution in [0.25, 0.3) is 11.3 Å². The van der Waals surface area contributed by atoms with Gasteiger partial charge in [-0.3, -0.25) is 0 Å². The molecule has 14 nitrogen and oxygen atoms in total. The van der Waals surface area contributed by atoms with Crippen molar-refractivity contribution in [2.24, 2.45) is 0 Å². The number of aliphatic hydroxyl groups excluding tert-OH is 1. The van der Waals surface area contributed by atoms with E-state index in [-0.39, 0.29) is 18.0 Å². The number of nitrogens with zero attached hydrogens (tertiary/aromatic N) is 7. The number of anilines is 4. The van der Waals surface area contributed by atoms with Crippen LogP contribution >= 0.6 is 0 Å². The van der Waals surface area contributed by atoms with Crippen LogP contribution in [0.3, 0.4) is 0 Å². The highest BCUT2D eigenvalue weighted by molar-refractivity contribution is 7.89. The quantitative estimate of drug-likeness (QED) is 0.169. The van der Waals surface area contributed by atoms with Gasteiger partial charge in [0.05, 0.1) is 44.6 Å². The van der Waals surface area contributed by atoms with Gasteiger partial charge in [0.1, 0.15) is 17.3 Å². The molecule has 2 aliphatic heterocycles. The Morgan fingerprint density at radius 2 is 1.51 bits per heavy atom. The van der Waals surface area contributed by atoms with E-state index in [4.69, 9.17) is 34.1 Å². The molecule has 0 saturated carbocycles. The molecule has 7 rings (SSSR count). The van der Waals surface area contributed by atoms with Crippen molar-refractivity contribution in [1.29, 1.82) is 0 Å². The van der Waals surface area contributed by atoms with Crippen molar-refractivity contribution in [3.8, 4) is 22.8 Å². The lowest BCUT2D eigenvalue weighted by Gasteiger charge is -2.28. The summed E-state index contributed by atoms with van der Waals surface area (Å²) in [4.78, 5) is 26.3. The molecule has 3 aromatic carbocycles. The lowest BCUT2D eigenvalue weighted by atomic mass is 10.1. The van der Waals surface area contributed by atoms with Crippen LogP contribution in [-0.4, -0.2) is 93.7 Å². The SMILES string of the molecule is COc1ccc(CN(Cc2ccc(OC)cc2)c2ncc(-c3nc(N4CCOCC4)nc4c3CCN4c3cccc(S(=O)(=O)NCCO)c3)cn2)cc1. The summed E-state index contributed by atoms with van der Waals surface area (Å²) in [7, 11) is -0.505. The second-order valence-corrected chi connectivity index (χ2v) is 14.4. The number of aliphatic hydroxyl groups is 1. The highest BCUT2D eigenvalue weighted by atomic mass is 32.2. The van der Waals surface area contributed by atoms with Gasteiger partial charge >= 0.3 is 0 Å². The van der Waals surface area contributed by atoms with Crippen LogP contribution in [0, 0.1) is 0 Å². The second kappa shape index (κ2) is 16.1. The Bertz CT molecular complexity index is 2060. The number of sulfonamides is 1. The monoisotopic (exact) mass is 738 g/mol. The minimum atomic E-state index is -3.81. The van der Waals surface area contributed by atoms with E-state index >= 15 is 0 Å². The Morgan fingerprint density at radius 3 is 2.11 bits per heavy atom. The third kappa shape index (κ3) is 8.18. The molecule has 5 aromatic rings. The Balaban J connectivity index is 1.23. The molecule has 4 heterocycles. The van der Waals surface area contributed by atoms with Gasteiger partial charge in [-0.2, -0.15) is 4.98 Å². The largest absolute Gasteiger partial charge is 0.497 e. The first-order chi connectivity index (χ1) is 25.8. The normalized spacial score (nSPS) is 14.2. The Kier molecular flexibility index (Phi) is 11.0. The van der Waals surface area contributed by atoms with Crippen LogP contribution in [-0.2, 0) is 34.3 Å². The molecule has 1 saturated heterocycles. The summed E-state index contributed by atoms with van der Waals surface area (Å²) in [6.07, 6.45) is 4.26. The fourth-order valence-electron chi connectivity index (χ4n) is 6.43. The smallest absolute Gasteiger partial charge is 0.240 e. The molecular formula is C38H42N8O6S. The van der Waals surface area contributed by atoms with E-state index in [0.717, 1.165) is 39.4 Å². The summed E-state index contributed by atoms with van der Waals surface area (Å²) in [6, 6.07) is 22.7. The first kappa shape index (κ1) is 36.0. The number of ether oxygens (including phenoxy) is 3. The fourth-order valence-corrected chi connectivity index (χ4v) is 7.49. The Labute approximate surface area is 309 Å². The van der Waals surface area contributed by atoms with Crippen molar-refractivity contribution < 1.29 is 27.7 Å². The van der Waals surface area contributed by atoms with E-state index < -0.39 is 10.0 Å². The van der Waals surface area contributed by atoms with Gasteiger partial charge in [0.2, 0.25) is 21.9 Å². The average Bonchev–Trinajstić information content (AvgIpc) is 3.65. The van der Waals surface area contributed by atoms with E-state index in [2.05, 4.69) is 14.5 Å². The van der Waals surface area contributed by atoms with Gasteiger partial charge in [0, 0.05) is 68.5 Å². The molecule has 0 spiro atoms. The number of aromatic nitrogens is 4. The van der Waals surface area contributed by atoms with E-state index in [9.17, 15) is 13.5 Å². The highest BCUT2D eigenvalue weighted by Gasteiger charge is 2.30. The van der Waals surface area contributed by atoms with Gasteiger partial charge < -0.3 is 34.0 Å². The van der Waals surface area contributed by atoms with Gasteiger partial charge in [0.25, 0.3) is 0 Å². The summed E-state index contributed by atoms with van der Waals surface area (Å²) in [5.74, 6) is 3.41. The van der Waals surface area contributed by atoms with Gasteiger partial charge in [-0.15, -0.1) is 0 Å². The predicted octanol–water partition coefficient (Wildman–Crippen LogP) is 3.96. The van der Waals surface area contributed by atoms with Gasteiger partial charge in [0.15, 0.2) is 0 Å². The lowest BCUT2D eigenvalue weighted by molar-refractivity contribution is 0.122. The molecular weight excluding hydrogens is 697 g/mol. The minimum Gasteiger partial charge on any atom is -0.497 e. The zero-order chi connectivity index (χ0) is 36.8. The number of hydrogen-bond acceptors (Lipinski definition) is 13. The first-order valence-corrected chi connectivity index (χ1v) is 18.9. The summed E-state index contributed by atoms with van der Waals surface area (Å²) in [6.45, 7) is 3.77. The number of fused-ring (bicyclic) bond motifs is 1. The molecule has 0 atom stereocenters. The van der Waals surface area contributed by atoms with Gasteiger partial charge in [-0.25, -0.2) is 28.1 Å². The molecule has 276 valence electrons. The minimum absolute atomic E-state index is 0.0693. The van der Waals surface area contributed by atoms with Gasteiger partial charge in [-0.05, 0) is 60.0 Å². The topological polar surface area (TPSA) is 155 Å². The lowest BCUT2D eigenvalue weighted by Crippen LogP contribution is -2.37. The van der Waals surface area contributed by atoms with Crippen LogP contribution in [0.2, 0.25) is 0 Å². The first-order valence-electron chi connectivity index (χ1n) is 17.4. The summed E-state index contributed by atoms with van der Waals surface area (Å²) in [5.41, 5.74) is 5.26. The van der Waals surface area contributed by atoms with Crippen LogP contribution in [0.4, 0.5) is 23.4 Å². The Hall–Kier alpha value is -5.35. The van der Waals surface area contributed by atoms with Crippen molar-refractivity contribution in [3.05, 3.63) is 102 Å². The van der Waals surface area contributed by atoms with Crippen molar-refractivity contribution >= 4 is 33.4 Å². The molecule has 53 heavy (non-hydrogen) atoms. The number of benzene rings is 3. The predicted molar refractivity (Wildman–Crippen MR) is 201 cm³/mol. The maximum atomic E-state index is 12.9. The molecule has 0 bridgehead atoms. The van der Waals surface area contributed by atoms with Crippen molar-refractivity contribution in [1.82, 2.24) is 24.7 Å². The zero-order valence-corrected chi connectivity index (χ0v) is 30.5. The van der Waals surface area contributed by atoms with Gasteiger partial charge in [-0.1, -0.05) is 30.3 Å².